The summed E-state index contributed by atoms with van der Waals surface area (Å²) >= 11 is 0. The Morgan fingerprint density at radius 2 is 1.96 bits per heavy atom. The normalized spacial score (nSPS) is 31.2. The molecule has 0 radical (unpaired) electrons. The number of para-hydroxylation sites is 1. The van der Waals surface area contributed by atoms with Crippen LogP contribution in [0.2, 0.25) is 0 Å². The van der Waals surface area contributed by atoms with Crippen LogP contribution in [0, 0.1) is 0 Å². The van der Waals surface area contributed by atoms with Gasteiger partial charge in [0, 0.05) is 0 Å². The molecule has 5 N–H and O–H groups in total. The number of esters is 1. The van der Waals surface area contributed by atoms with Crippen LogP contribution in [0.1, 0.15) is 59.1 Å². The molecule has 6 rings (SSSR count). The van der Waals surface area contributed by atoms with E-state index in [-0.39, 0.29) is 41.5 Å². The highest BCUT2D eigenvalue weighted by Crippen LogP contribution is 2.69. The molecule has 2 saturated carbocycles. The van der Waals surface area contributed by atoms with E-state index in [1.807, 2.05) is 0 Å². The standard InChI is InChI=1S/C29H38FN6O9P/c1-4-41-22-20-21(33-26(31)34-22)36(16-32-20)25-27(3,38)29(39)24(30)28(29,44-25)15-42-46(40,45-19-13-9-6-10-14-19)35-17(2)23(37)43-18-11-7-5-8-12-18/h6,9-10,13-14,16-18,24-25,38-39H,4-5,7-8,11-12,15H2,1-3H3,(H,35,40)(H2,31,33,34)/t17?,24?,25-,27+,28+,29+,46?/m1/s1. The SMILES string of the molecule is CCOc1nc(N)nc2c1ncn2[C@@H]1O[C@@]2(COP(=O)(NC(C)C(=O)OC3CCCCC3)Oc3ccccc3)C(F)[C@]2(O)[C@@]1(C)O. The number of aromatic nitrogens is 4. The van der Waals surface area contributed by atoms with Crippen molar-refractivity contribution in [1.82, 2.24) is 24.6 Å². The zero-order valence-electron chi connectivity index (χ0n) is 25.7. The van der Waals surface area contributed by atoms with Crippen molar-refractivity contribution in [2.75, 3.05) is 18.9 Å². The topological polar surface area (TPSA) is 202 Å². The van der Waals surface area contributed by atoms with Gasteiger partial charge in [-0.3, -0.25) is 13.9 Å². The molecule has 0 amide bonds. The molecule has 7 atom stereocenters. The molecule has 46 heavy (non-hydrogen) atoms. The summed E-state index contributed by atoms with van der Waals surface area (Å²) in [5.74, 6) is -0.581. The van der Waals surface area contributed by atoms with Gasteiger partial charge in [-0.15, -0.1) is 0 Å². The summed E-state index contributed by atoms with van der Waals surface area (Å²) in [5, 5.41) is 25.7. The van der Waals surface area contributed by atoms with Crippen LogP contribution >= 0.6 is 7.75 Å². The summed E-state index contributed by atoms with van der Waals surface area (Å²) < 4.78 is 59.6. The minimum atomic E-state index is -4.47. The van der Waals surface area contributed by atoms with Crippen molar-refractivity contribution in [2.45, 2.75) is 94.2 Å². The maximum absolute atomic E-state index is 15.6. The van der Waals surface area contributed by atoms with Crippen LogP contribution in [0.25, 0.3) is 11.2 Å². The summed E-state index contributed by atoms with van der Waals surface area (Å²) in [6.07, 6.45) is 1.85. The average molecular weight is 665 g/mol. The zero-order valence-corrected chi connectivity index (χ0v) is 26.6. The average Bonchev–Trinajstić information content (AvgIpc) is 3.24. The molecule has 250 valence electrons. The third kappa shape index (κ3) is 5.40. The van der Waals surface area contributed by atoms with Crippen molar-refractivity contribution in [3.05, 3.63) is 36.7 Å². The number of nitrogens with two attached hydrogens (primary N) is 1. The van der Waals surface area contributed by atoms with E-state index >= 15 is 4.39 Å². The number of hydrogen-bond acceptors (Lipinski definition) is 13. The molecule has 1 saturated heterocycles. The number of imidazole rings is 1. The molecule has 2 aromatic heterocycles. The number of nitrogen functional groups attached to an aromatic ring is 1. The number of carbonyl (C=O) groups is 1. The number of rotatable bonds is 12. The fourth-order valence-corrected chi connectivity index (χ4v) is 7.79. The smallest absolute Gasteiger partial charge is 0.459 e. The van der Waals surface area contributed by atoms with Crippen LogP contribution in [0.3, 0.4) is 0 Å². The van der Waals surface area contributed by atoms with Crippen LogP contribution in [0.4, 0.5) is 10.3 Å². The third-order valence-electron chi connectivity index (χ3n) is 8.81. The van der Waals surface area contributed by atoms with E-state index in [0.717, 1.165) is 32.1 Å². The Hall–Kier alpha value is -3.40. The van der Waals surface area contributed by atoms with Gasteiger partial charge in [-0.05, 0) is 58.6 Å². The van der Waals surface area contributed by atoms with E-state index < -0.39 is 55.6 Å². The summed E-state index contributed by atoms with van der Waals surface area (Å²) in [5.41, 5.74) is -0.806. The molecule has 3 aromatic rings. The Balaban J connectivity index is 1.25. The Kier molecular flexibility index (Phi) is 8.49. The number of carbonyl (C=O) groups excluding carboxylic acids is 1. The van der Waals surface area contributed by atoms with Crippen molar-refractivity contribution in [3.8, 4) is 11.6 Å². The lowest BCUT2D eigenvalue weighted by Crippen LogP contribution is -2.48. The first-order chi connectivity index (χ1) is 21.8. The third-order valence-corrected chi connectivity index (χ3v) is 10.4. The predicted octanol–water partition coefficient (Wildman–Crippen LogP) is 2.97. The monoisotopic (exact) mass is 664 g/mol. The second-order valence-corrected chi connectivity index (χ2v) is 13.7. The number of ether oxygens (including phenoxy) is 3. The molecular formula is C29H38FN6O9P. The molecule has 2 aliphatic carbocycles. The second kappa shape index (κ2) is 12.0. The number of alkyl halides is 1. The van der Waals surface area contributed by atoms with E-state index in [1.165, 1.54) is 36.9 Å². The van der Waals surface area contributed by atoms with Crippen LogP contribution in [0.15, 0.2) is 36.7 Å². The molecule has 17 heteroatoms. The fraction of sp³-hybridized carbons (Fsp3) is 0.586. The van der Waals surface area contributed by atoms with Crippen molar-refractivity contribution in [3.63, 3.8) is 0 Å². The van der Waals surface area contributed by atoms with Gasteiger partial charge in [0.05, 0.1) is 19.5 Å². The first-order valence-corrected chi connectivity index (χ1v) is 16.8. The summed E-state index contributed by atoms with van der Waals surface area (Å²) in [4.78, 5) is 25.4. The van der Waals surface area contributed by atoms with Gasteiger partial charge in [0.15, 0.2) is 34.8 Å². The second-order valence-electron chi connectivity index (χ2n) is 12.0. The molecule has 3 heterocycles. The molecular weight excluding hydrogens is 626 g/mol. The van der Waals surface area contributed by atoms with Crippen LogP contribution in [-0.2, 0) is 23.4 Å². The minimum absolute atomic E-state index is 0.0906. The molecule has 1 aliphatic heterocycles. The van der Waals surface area contributed by atoms with E-state index in [4.69, 9.17) is 29.0 Å². The number of hydrogen-bond donors (Lipinski definition) is 4. The number of aliphatic hydroxyl groups is 2. The zero-order chi connectivity index (χ0) is 32.9. The van der Waals surface area contributed by atoms with Crippen molar-refractivity contribution < 1.29 is 47.2 Å². The van der Waals surface area contributed by atoms with Crippen molar-refractivity contribution in [2.24, 2.45) is 0 Å². The Labute approximate surface area is 264 Å². The largest absolute Gasteiger partial charge is 0.476 e. The van der Waals surface area contributed by atoms with Crippen LogP contribution in [0.5, 0.6) is 11.6 Å². The first kappa shape index (κ1) is 32.5. The molecule has 3 aliphatic rings. The lowest BCUT2D eigenvalue weighted by Gasteiger charge is -2.31. The molecule has 0 bridgehead atoms. The van der Waals surface area contributed by atoms with Gasteiger partial charge in [-0.25, -0.2) is 13.9 Å². The molecule has 3 unspecified atom stereocenters. The fourth-order valence-electron chi connectivity index (χ4n) is 6.27. The van der Waals surface area contributed by atoms with Gasteiger partial charge in [-0.2, -0.15) is 15.1 Å². The molecule has 15 nitrogen and oxygen atoms in total. The van der Waals surface area contributed by atoms with E-state index in [0.29, 0.717) is 0 Å². The number of halogens is 1. The quantitative estimate of drug-likeness (QED) is 0.163. The number of fused-ring (bicyclic) bond motifs is 2. The number of nitrogens with one attached hydrogen (secondary N) is 1. The summed E-state index contributed by atoms with van der Waals surface area (Å²) in [6.45, 7) is 3.80. The summed E-state index contributed by atoms with van der Waals surface area (Å²) in [6, 6.07) is 6.90. The molecule has 3 fully saturated rings. The lowest BCUT2D eigenvalue weighted by atomic mass is 9.94. The lowest BCUT2D eigenvalue weighted by molar-refractivity contribution is -0.157. The Morgan fingerprint density at radius 1 is 1.24 bits per heavy atom. The van der Waals surface area contributed by atoms with Gasteiger partial charge in [-0.1, -0.05) is 24.6 Å². The van der Waals surface area contributed by atoms with Crippen molar-refractivity contribution >= 4 is 30.8 Å². The predicted molar refractivity (Wildman–Crippen MR) is 160 cm³/mol. The number of anilines is 1. The Morgan fingerprint density at radius 3 is 2.65 bits per heavy atom. The van der Waals surface area contributed by atoms with Gasteiger partial charge in [0.2, 0.25) is 11.8 Å². The highest BCUT2D eigenvalue weighted by molar-refractivity contribution is 7.52. The van der Waals surface area contributed by atoms with E-state index in [1.54, 1.807) is 25.1 Å². The van der Waals surface area contributed by atoms with Crippen LogP contribution in [-0.4, -0.2) is 84.0 Å². The maximum Gasteiger partial charge on any atom is 0.459 e. The number of benzene rings is 1. The molecule has 1 aromatic carbocycles. The summed E-state index contributed by atoms with van der Waals surface area (Å²) in [7, 11) is -4.47. The highest BCUT2D eigenvalue weighted by atomic mass is 31.2. The molecule has 0 spiro atoms. The highest BCUT2D eigenvalue weighted by Gasteiger charge is 2.93. The van der Waals surface area contributed by atoms with Gasteiger partial charge >= 0.3 is 13.7 Å². The van der Waals surface area contributed by atoms with Crippen LogP contribution < -0.4 is 20.1 Å². The van der Waals surface area contributed by atoms with Gasteiger partial charge in [0.1, 0.15) is 23.5 Å². The van der Waals surface area contributed by atoms with Gasteiger partial charge in [0.25, 0.3) is 0 Å². The van der Waals surface area contributed by atoms with Gasteiger partial charge < -0.3 is 34.7 Å². The van der Waals surface area contributed by atoms with Crippen molar-refractivity contribution in [1.29, 1.82) is 0 Å². The van der Waals surface area contributed by atoms with E-state index in [9.17, 15) is 19.6 Å². The maximum atomic E-state index is 15.6. The Bertz CT molecular complexity index is 1640. The van der Waals surface area contributed by atoms with E-state index in [2.05, 4.69) is 20.0 Å². The number of nitrogens with zero attached hydrogens (tertiary/aromatic N) is 4. The minimum Gasteiger partial charge on any atom is -0.476 e. The first-order valence-electron chi connectivity index (χ1n) is 15.2.